The molecule has 0 aromatic carbocycles. The molecule has 0 saturated heterocycles. The first-order valence-electron chi connectivity index (χ1n) is 3.73. The van der Waals surface area contributed by atoms with Gasteiger partial charge in [0.2, 0.25) is 0 Å². The lowest BCUT2D eigenvalue weighted by atomic mass is 10.1. The van der Waals surface area contributed by atoms with Crippen LogP contribution in [0.15, 0.2) is 12.2 Å². The van der Waals surface area contributed by atoms with Gasteiger partial charge in [-0.05, 0) is 12.8 Å². The maximum absolute atomic E-state index is 11.8. The highest BCUT2D eigenvalue weighted by molar-refractivity contribution is 5.01. The van der Waals surface area contributed by atoms with Crippen LogP contribution in [0, 0.1) is 0 Å². The molecule has 0 rings (SSSR count). The molecule has 0 fully saturated rings. The third kappa shape index (κ3) is 4.87. The Kier molecular flexibility index (Phi) is 4.23. The Morgan fingerprint density at radius 1 is 1.27 bits per heavy atom. The van der Waals surface area contributed by atoms with E-state index in [0.29, 0.717) is 6.42 Å². The zero-order chi connectivity index (χ0) is 8.91. The highest BCUT2D eigenvalue weighted by atomic mass is 19.4. The monoisotopic (exact) mass is 166 g/mol. The van der Waals surface area contributed by atoms with E-state index in [-0.39, 0.29) is 6.42 Å². The molecule has 0 spiro atoms. The van der Waals surface area contributed by atoms with Crippen LogP contribution in [0.3, 0.4) is 0 Å². The molecule has 0 heterocycles. The summed E-state index contributed by atoms with van der Waals surface area (Å²) in [5.74, 6) is 0. The standard InChI is InChI=1S/C8H13F3/c1-3-4-5-6-7(2)8(9,10)11/h2-6H2,1H3. The zero-order valence-corrected chi connectivity index (χ0v) is 6.67. The fourth-order valence-electron chi connectivity index (χ4n) is 0.730. The normalized spacial score (nSPS) is 11.6. The van der Waals surface area contributed by atoms with Gasteiger partial charge in [-0.1, -0.05) is 26.3 Å². The van der Waals surface area contributed by atoms with E-state index < -0.39 is 11.7 Å². The average molecular weight is 166 g/mol. The second-order valence-electron chi connectivity index (χ2n) is 2.56. The number of allylic oxidation sites excluding steroid dienone is 1. The summed E-state index contributed by atoms with van der Waals surface area (Å²) in [5, 5.41) is 0. The van der Waals surface area contributed by atoms with Gasteiger partial charge in [-0.3, -0.25) is 0 Å². The Morgan fingerprint density at radius 2 is 1.82 bits per heavy atom. The van der Waals surface area contributed by atoms with Crippen LogP contribution < -0.4 is 0 Å². The van der Waals surface area contributed by atoms with Crippen molar-refractivity contribution in [1.82, 2.24) is 0 Å². The number of halogens is 3. The third-order valence-electron chi connectivity index (χ3n) is 1.48. The molecule has 0 aliphatic heterocycles. The molecule has 0 unspecified atom stereocenters. The summed E-state index contributed by atoms with van der Waals surface area (Å²) in [4.78, 5) is 0. The Balaban J connectivity index is 3.54. The smallest absolute Gasteiger partial charge is 0.167 e. The Hall–Kier alpha value is -0.470. The molecule has 11 heavy (non-hydrogen) atoms. The van der Waals surface area contributed by atoms with Gasteiger partial charge < -0.3 is 0 Å². The van der Waals surface area contributed by atoms with Gasteiger partial charge in [-0.25, -0.2) is 0 Å². The van der Waals surface area contributed by atoms with E-state index in [0.717, 1.165) is 12.8 Å². The van der Waals surface area contributed by atoms with E-state index in [4.69, 9.17) is 0 Å². The minimum atomic E-state index is -4.19. The molecule has 0 amide bonds. The predicted molar refractivity (Wildman–Crippen MR) is 39.3 cm³/mol. The van der Waals surface area contributed by atoms with Crippen molar-refractivity contribution >= 4 is 0 Å². The van der Waals surface area contributed by atoms with Crippen molar-refractivity contribution in [2.75, 3.05) is 0 Å². The minimum Gasteiger partial charge on any atom is -0.167 e. The van der Waals surface area contributed by atoms with Crippen LogP contribution in [0.4, 0.5) is 13.2 Å². The van der Waals surface area contributed by atoms with Crippen molar-refractivity contribution in [3.63, 3.8) is 0 Å². The van der Waals surface area contributed by atoms with E-state index in [1.54, 1.807) is 0 Å². The first kappa shape index (κ1) is 10.5. The number of rotatable bonds is 4. The van der Waals surface area contributed by atoms with Gasteiger partial charge in [-0.15, -0.1) is 0 Å². The summed E-state index contributed by atoms with van der Waals surface area (Å²) >= 11 is 0. The molecule has 66 valence electrons. The molecule has 0 nitrogen and oxygen atoms in total. The first-order valence-corrected chi connectivity index (χ1v) is 3.73. The lowest BCUT2D eigenvalue weighted by molar-refractivity contribution is -0.0937. The van der Waals surface area contributed by atoms with Gasteiger partial charge in [0.05, 0.1) is 0 Å². The molecular weight excluding hydrogens is 153 g/mol. The number of unbranched alkanes of at least 4 members (excludes halogenated alkanes) is 2. The molecule has 0 saturated carbocycles. The lowest BCUT2D eigenvalue weighted by Gasteiger charge is -2.08. The Labute approximate surface area is 65.1 Å². The molecule has 0 aliphatic rings. The summed E-state index contributed by atoms with van der Waals surface area (Å²) in [6.07, 6.45) is -1.74. The molecule has 0 bridgehead atoms. The predicted octanol–water partition coefficient (Wildman–Crippen LogP) is 3.69. The molecule has 0 atom stereocenters. The van der Waals surface area contributed by atoms with E-state index in [1.165, 1.54) is 0 Å². The highest BCUT2D eigenvalue weighted by Crippen LogP contribution is 2.27. The highest BCUT2D eigenvalue weighted by Gasteiger charge is 2.30. The van der Waals surface area contributed by atoms with Crippen molar-refractivity contribution in [2.45, 2.75) is 38.8 Å². The van der Waals surface area contributed by atoms with Gasteiger partial charge in [-0.2, -0.15) is 13.2 Å². The molecule has 0 aromatic rings. The molecule has 3 heteroatoms. The van der Waals surface area contributed by atoms with Gasteiger partial charge in [0, 0.05) is 5.57 Å². The Morgan fingerprint density at radius 3 is 2.18 bits per heavy atom. The second kappa shape index (κ2) is 4.42. The summed E-state index contributed by atoms with van der Waals surface area (Å²) in [6.45, 7) is 4.93. The fourth-order valence-corrected chi connectivity index (χ4v) is 0.730. The number of alkyl halides is 3. The van der Waals surface area contributed by atoms with Crippen molar-refractivity contribution < 1.29 is 13.2 Å². The van der Waals surface area contributed by atoms with Crippen molar-refractivity contribution in [2.24, 2.45) is 0 Å². The fraction of sp³-hybridized carbons (Fsp3) is 0.750. The number of hydrogen-bond donors (Lipinski definition) is 0. The molecule has 0 aromatic heterocycles. The quantitative estimate of drug-likeness (QED) is 0.441. The summed E-state index contributed by atoms with van der Waals surface area (Å²) < 4.78 is 35.3. The Bertz CT molecular complexity index is 124. The van der Waals surface area contributed by atoms with Crippen molar-refractivity contribution in [3.05, 3.63) is 12.2 Å². The maximum atomic E-state index is 11.8. The van der Waals surface area contributed by atoms with E-state index in [9.17, 15) is 13.2 Å². The summed E-state index contributed by atoms with van der Waals surface area (Å²) in [5.41, 5.74) is -0.606. The van der Waals surface area contributed by atoms with Crippen LogP contribution >= 0.6 is 0 Å². The molecule has 0 N–H and O–H groups in total. The molecule has 0 radical (unpaired) electrons. The first-order chi connectivity index (χ1) is 4.98. The van der Waals surface area contributed by atoms with Crippen LogP contribution in [0.2, 0.25) is 0 Å². The average Bonchev–Trinajstić information content (AvgIpc) is 1.86. The lowest BCUT2D eigenvalue weighted by Crippen LogP contribution is -2.10. The minimum absolute atomic E-state index is 0.0807. The largest absolute Gasteiger partial charge is 0.412 e. The van der Waals surface area contributed by atoms with E-state index >= 15 is 0 Å². The van der Waals surface area contributed by atoms with Crippen molar-refractivity contribution in [3.8, 4) is 0 Å². The van der Waals surface area contributed by atoms with Crippen LogP contribution in [0.25, 0.3) is 0 Å². The van der Waals surface area contributed by atoms with Gasteiger partial charge in [0.25, 0.3) is 0 Å². The second-order valence-corrected chi connectivity index (χ2v) is 2.56. The molecule has 0 aliphatic carbocycles. The molecular formula is C8H13F3. The maximum Gasteiger partial charge on any atom is 0.412 e. The van der Waals surface area contributed by atoms with Gasteiger partial charge >= 0.3 is 6.18 Å². The zero-order valence-electron chi connectivity index (χ0n) is 6.67. The summed E-state index contributed by atoms with van der Waals surface area (Å²) in [6, 6.07) is 0. The summed E-state index contributed by atoms with van der Waals surface area (Å²) in [7, 11) is 0. The van der Waals surface area contributed by atoms with Crippen LogP contribution in [-0.4, -0.2) is 6.18 Å². The number of hydrogen-bond acceptors (Lipinski definition) is 0. The van der Waals surface area contributed by atoms with Crippen LogP contribution in [-0.2, 0) is 0 Å². The van der Waals surface area contributed by atoms with Crippen molar-refractivity contribution in [1.29, 1.82) is 0 Å². The topological polar surface area (TPSA) is 0 Å². The third-order valence-corrected chi connectivity index (χ3v) is 1.48. The van der Waals surface area contributed by atoms with Crippen LogP contribution in [0.5, 0.6) is 0 Å². The van der Waals surface area contributed by atoms with E-state index in [1.807, 2.05) is 6.92 Å². The van der Waals surface area contributed by atoms with Crippen LogP contribution in [0.1, 0.15) is 32.6 Å². The van der Waals surface area contributed by atoms with Gasteiger partial charge in [0.1, 0.15) is 0 Å². The SMILES string of the molecule is C=C(CCCCC)C(F)(F)F. The van der Waals surface area contributed by atoms with Gasteiger partial charge in [0.15, 0.2) is 0 Å². The van der Waals surface area contributed by atoms with E-state index in [2.05, 4.69) is 6.58 Å².